The van der Waals surface area contributed by atoms with Crippen molar-refractivity contribution in [2.24, 2.45) is 5.92 Å². The lowest BCUT2D eigenvalue weighted by atomic mass is 9.85. The fourth-order valence-electron chi connectivity index (χ4n) is 6.78. The van der Waals surface area contributed by atoms with Crippen molar-refractivity contribution in [3.05, 3.63) is 59.2 Å². The number of carbonyl (C=O) groups is 3. The summed E-state index contributed by atoms with van der Waals surface area (Å²) in [7, 11) is 0.677. The van der Waals surface area contributed by atoms with Crippen molar-refractivity contribution in [3.63, 3.8) is 0 Å². The molecule has 0 radical (unpaired) electrons. The molecule has 0 spiro atoms. The molecule has 1 amide bonds. The van der Waals surface area contributed by atoms with E-state index in [0.29, 0.717) is 35.4 Å². The number of amides is 1. The second kappa shape index (κ2) is 16.1. The molecule has 1 fully saturated rings. The van der Waals surface area contributed by atoms with Crippen LogP contribution in [0.2, 0.25) is 16.6 Å². The molecule has 2 aromatic rings. The maximum absolute atomic E-state index is 13.4. The predicted octanol–water partition coefficient (Wildman–Crippen LogP) is 7.50. The van der Waals surface area contributed by atoms with Crippen LogP contribution >= 0.6 is 0 Å². The molecule has 1 N–H and O–H groups in total. The Morgan fingerprint density at radius 3 is 2.14 bits per heavy atom. The molecule has 0 aromatic heterocycles. The lowest BCUT2D eigenvalue weighted by molar-refractivity contribution is -0.146. The highest BCUT2D eigenvalue weighted by molar-refractivity contribution is 6.78. The third kappa shape index (κ3) is 8.64. The van der Waals surface area contributed by atoms with Crippen molar-refractivity contribution in [3.8, 4) is 11.5 Å². The van der Waals surface area contributed by atoms with Gasteiger partial charge < -0.3 is 24.0 Å². The summed E-state index contributed by atoms with van der Waals surface area (Å²) < 4.78 is 22.6. The topological polar surface area (TPSA) is 100 Å². The Hall–Kier alpha value is -3.33. The molecule has 3 rings (SSSR count). The average molecular weight is 626 g/mol. The summed E-state index contributed by atoms with van der Waals surface area (Å²) in [4.78, 5) is 37.6. The lowest BCUT2D eigenvalue weighted by Gasteiger charge is -2.42. The third-order valence-electron chi connectivity index (χ3n) is 8.98. The molecule has 0 aliphatic heterocycles. The Morgan fingerprint density at radius 2 is 1.55 bits per heavy atom. The number of benzene rings is 2. The smallest absolute Gasteiger partial charge is 0.337 e. The normalized spacial score (nSPS) is 17.0. The second-order valence-electron chi connectivity index (χ2n) is 12.8. The molecule has 9 heteroatoms. The summed E-state index contributed by atoms with van der Waals surface area (Å²) in [6.45, 7) is 14.1. The molecule has 1 aliphatic rings. The fourth-order valence-corrected chi connectivity index (χ4v) is 12.0. The number of esters is 2. The number of methoxy groups -OCH3 is 2. The third-order valence-corrected chi connectivity index (χ3v) is 15.0. The Morgan fingerprint density at radius 1 is 0.886 bits per heavy atom. The molecule has 0 heterocycles. The highest BCUT2D eigenvalue weighted by atomic mass is 28.4. The van der Waals surface area contributed by atoms with E-state index in [1.54, 1.807) is 12.1 Å². The van der Waals surface area contributed by atoms with Crippen molar-refractivity contribution in [2.45, 2.75) is 103 Å². The van der Waals surface area contributed by atoms with Crippen LogP contribution in [-0.4, -0.2) is 53.0 Å². The summed E-state index contributed by atoms with van der Waals surface area (Å²) in [5.41, 5.74) is 3.24. The number of ether oxygens (including phenoxy) is 3. The van der Waals surface area contributed by atoms with Crippen LogP contribution in [0.4, 0.5) is 0 Å². The fraction of sp³-hybridized carbons (Fsp3) is 0.571. The van der Waals surface area contributed by atoms with Gasteiger partial charge in [0.15, 0.2) is 0 Å². The standard InChI is InChI=1S/C35H51NO7Si/c1-23(2)44(24(3)4,25(5)6)43-30-17-14-26(15-18-30)11-10-20-42-32-19-16-28(35(39)41-8)22-31(32)33(37)36-29-13-9-12-27(21-29)34(38)40-7/h14-19,22-25,27,29H,9-13,20-21H2,1-8H3,(H,36,37). The molecule has 0 saturated heterocycles. The van der Waals surface area contributed by atoms with Crippen LogP contribution in [0.3, 0.4) is 0 Å². The monoisotopic (exact) mass is 625 g/mol. The molecule has 0 bridgehead atoms. The first-order chi connectivity index (χ1) is 20.9. The van der Waals surface area contributed by atoms with Crippen molar-refractivity contribution < 1.29 is 33.0 Å². The largest absolute Gasteiger partial charge is 0.543 e. The first-order valence-corrected chi connectivity index (χ1v) is 18.1. The van der Waals surface area contributed by atoms with E-state index in [-0.39, 0.29) is 35.0 Å². The Kier molecular flexibility index (Phi) is 12.9. The first-order valence-electron chi connectivity index (χ1n) is 15.9. The second-order valence-corrected chi connectivity index (χ2v) is 18.2. The van der Waals surface area contributed by atoms with Gasteiger partial charge in [-0.15, -0.1) is 0 Å². The van der Waals surface area contributed by atoms with E-state index >= 15 is 0 Å². The minimum Gasteiger partial charge on any atom is -0.543 e. The molecule has 44 heavy (non-hydrogen) atoms. The molecular formula is C35H51NO7Si. The van der Waals surface area contributed by atoms with E-state index in [1.165, 1.54) is 25.8 Å². The van der Waals surface area contributed by atoms with E-state index in [0.717, 1.165) is 37.9 Å². The van der Waals surface area contributed by atoms with Gasteiger partial charge in [-0.1, -0.05) is 60.1 Å². The minimum absolute atomic E-state index is 0.170. The minimum atomic E-state index is -2.01. The Balaban J connectivity index is 1.64. The van der Waals surface area contributed by atoms with Gasteiger partial charge in [0.05, 0.1) is 37.9 Å². The van der Waals surface area contributed by atoms with E-state index in [1.807, 2.05) is 0 Å². The van der Waals surface area contributed by atoms with Gasteiger partial charge in [-0.05, 0) is 84.6 Å². The van der Waals surface area contributed by atoms with Gasteiger partial charge in [0.2, 0.25) is 0 Å². The van der Waals surface area contributed by atoms with E-state index in [2.05, 4.69) is 71.1 Å². The number of carbonyl (C=O) groups excluding carboxylic acids is 3. The quantitative estimate of drug-likeness (QED) is 0.132. The maximum Gasteiger partial charge on any atom is 0.337 e. The zero-order valence-corrected chi connectivity index (χ0v) is 28.7. The SMILES string of the molecule is COC(=O)c1ccc(OCCCc2ccc(O[Si](C(C)C)(C(C)C)C(C)C)cc2)c(C(=O)NC2CCCC(C(=O)OC)C2)c1. The van der Waals surface area contributed by atoms with Crippen molar-refractivity contribution >= 4 is 26.2 Å². The molecule has 242 valence electrons. The lowest BCUT2D eigenvalue weighted by Crippen LogP contribution is -2.50. The zero-order valence-electron chi connectivity index (χ0n) is 27.7. The van der Waals surface area contributed by atoms with Crippen LogP contribution in [0.15, 0.2) is 42.5 Å². The van der Waals surface area contributed by atoms with Crippen LogP contribution in [0.1, 0.15) is 99.9 Å². The Bertz CT molecular complexity index is 1240. The summed E-state index contributed by atoms with van der Waals surface area (Å²) in [5, 5.41) is 3.04. The molecule has 2 aromatic carbocycles. The summed E-state index contributed by atoms with van der Waals surface area (Å²) in [6, 6.07) is 13.0. The average Bonchev–Trinajstić information content (AvgIpc) is 3.01. The van der Waals surface area contributed by atoms with Crippen LogP contribution in [0, 0.1) is 5.92 Å². The van der Waals surface area contributed by atoms with E-state index < -0.39 is 14.3 Å². The zero-order chi connectivity index (χ0) is 32.4. The van der Waals surface area contributed by atoms with Crippen molar-refractivity contribution in [1.29, 1.82) is 0 Å². The Labute approximate surface area is 264 Å². The van der Waals surface area contributed by atoms with Crippen molar-refractivity contribution in [1.82, 2.24) is 5.32 Å². The number of hydrogen-bond donors (Lipinski definition) is 1. The van der Waals surface area contributed by atoms with Gasteiger partial charge in [0.1, 0.15) is 11.5 Å². The maximum atomic E-state index is 13.4. The number of aryl methyl sites for hydroxylation is 1. The van der Waals surface area contributed by atoms with Gasteiger partial charge >= 0.3 is 11.9 Å². The van der Waals surface area contributed by atoms with Crippen LogP contribution in [0.25, 0.3) is 0 Å². The summed E-state index contributed by atoms with van der Waals surface area (Å²) in [5.74, 6) is -0.0275. The molecule has 2 atom stereocenters. The molecule has 8 nitrogen and oxygen atoms in total. The van der Waals surface area contributed by atoms with Crippen LogP contribution < -0.4 is 14.5 Å². The highest BCUT2D eigenvalue weighted by Crippen LogP contribution is 2.42. The number of hydrogen-bond acceptors (Lipinski definition) is 7. The van der Waals surface area contributed by atoms with Crippen LogP contribution in [-0.2, 0) is 20.7 Å². The molecular weight excluding hydrogens is 574 g/mol. The molecule has 2 unspecified atom stereocenters. The van der Waals surface area contributed by atoms with Crippen molar-refractivity contribution in [2.75, 3.05) is 20.8 Å². The molecule has 1 saturated carbocycles. The number of nitrogens with one attached hydrogen (secondary N) is 1. The summed E-state index contributed by atoms with van der Waals surface area (Å²) in [6.07, 6.45) is 4.40. The predicted molar refractivity (Wildman–Crippen MR) is 175 cm³/mol. The van der Waals surface area contributed by atoms with E-state index in [4.69, 9.17) is 18.6 Å². The van der Waals surface area contributed by atoms with Gasteiger partial charge in [-0.2, -0.15) is 0 Å². The van der Waals surface area contributed by atoms with Gasteiger partial charge in [0, 0.05) is 6.04 Å². The van der Waals surface area contributed by atoms with Crippen LogP contribution in [0.5, 0.6) is 11.5 Å². The first kappa shape index (κ1) is 35.1. The van der Waals surface area contributed by atoms with E-state index in [9.17, 15) is 14.4 Å². The number of rotatable bonds is 14. The highest BCUT2D eigenvalue weighted by Gasteiger charge is 2.47. The van der Waals surface area contributed by atoms with Gasteiger partial charge in [-0.25, -0.2) is 4.79 Å². The molecule has 1 aliphatic carbocycles. The van der Waals surface area contributed by atoms with Gasteiger partial charge in [0.25, 0.3) is 14.2 Å². The van der Waals surface area contributed by atoms with Gasteiger partial charge in [-0.3, -0.25) is 9.59 Å². The summed E-state index contributed by atoms with van der Waals surface area (Å²) >= 11 is 0.